The first-order valence-corrected chi connectivity index (χ1v) is 15.1. The maximum absolute atomic E-state index is 13.6. The van der Waals surface area contributed by atoms with Crippen LogP contribution in [-0.4, -0.2) is 96.4 Å². The third-order valence-corrected chi connectivity index (χ3v) is 7.50. The number of nitrogens with two attached hydrogens (primary N) is 2. The van der Waals surface area contributed by atoms with Gasteiger partial charge in [0.25, 0.3) is 0 Å². The Labute approximate surface area is 260 Å². The van der Waals surface area contributed by atoms with E-state index in [9.17, 15) is 33.9 Å². The molecule has 0 saturated carbocycles. The van der Waals surface area contributed by atoms with Crippen LogP contribution in [0.4, 0.5) is 0 Å². The van der Waals surface area contributed by atoms with Gasteiger partial charge in [-0.2, -0.15) is 0 Å². The number of aliphatic carboxylic acids is 1. The molecule has 0 aliphatic carbocycles. The number of carboxylic acid groups (broad SMARTS) is 1. The fraction of sp³-hybridized carbons (Fsp3) is 0.552. The van der Waals surface area contributed by atoms with Gasteiger partial charge in [0, 0.05) is 19.0 Å². The average molecular weight is 630 g/mol. The van der Waals surface area contributed by atoms with E-state index in [1.807, 2.05) is 0 Å². The van der Waals surface area contributed by atoms with E-state index in [2.05, 4.69) is 36.9 Å². The van der Waals surface area contributed by atoms with Crippen molar-refractivity contribution in [2.24, 2.45) is 16.5 Å². The van der Waals surface area contributed by atoms with Crippen molar-refractivity contribution < 1.29 is 33.9 Å². The van der Waals surface area contributed by atoms with E-state index < -0.39 is 72.6 Å². The van der Waals surface area contributed by atoms with Crippen molar-refractivity contribution >= 4 is 41.5 Å². The summed E-state index contributed by atoms with van der Waals surface area (Å²) < 4.78 is 0. The molecule has 5 unspecified atom stereocenters. The van der Waals surface area contributed by atoms with Crippen LogP contribution in [-0.2, 0) is 35.2 Å². The zero-order chi connectivity index (χ0) is 32.8. The second-order valence-electron chi connectivity index (χ2n) is 11.1. The largest absolute Gasteiger partial charge is 0.481 e. The monoisotopic (exact) mass is 629 g/mol. The lowest BCUT2D eigenvalue weighted by Gasteiger charge is -2.27. The van der Waals surface area contributed by atoms with Gasteiger partial charge >= 0.3 is 5.97 Å². The maximum Gasteiger partial charge on any atom is 0.305 e. The molecule has 16 nitrogen and oxygen atoms in total. The molecule has 16 heteroatoms. The first-order chi connectivity index (χ1) is 21.5. The highest BCUT2D eigenvalue weighted by Gasteiger charge is 2.33. The van der Waals surface area contributed by atoms with Crippen molar-refractivity contribution in [2.75, 3.05) is 19.6 Å². The molecule has 1 aromatic rings. The van der Waals surface area contributed by atoms with Crippen molar-refractivity contribution in [1.82, 2.24) is 31.9 Å². The van der Waals surface area contributed by atoms with Crippen LogP contribution in [0.5, 0.6) is 0 Å². The third-order valence-electron chi connectivity index (χ3n) is 7.50. The molecular weight excluding hydrogens is 586 g/mol. The van der Waals surface area contributed by atoms with Gasteiger partial charge in [-0.15, -0.1) is 0 Å². The number of carboxylic acids is 1. The van der Waals surface area contributed by atoms with Crippen molar-refractivity contribution in [3.05, 3.63) is 35.9 Å². The Balaban J connectivity index is 1.91. The number of guanidine groups is 1. The summed E-state index contributed by atoms with van der Waals surface area (Å²) in [6, 6.07) is 3.78. The molecule has 1 fully saturated rings. The standard InChI is InChI=1S/C29H43N9O7/c30-12-5-4-8-19-26(43)37-20(10-9-18-11-13-32-29(31)34-18)25(42)33-16-23(39)35-22(15-24(40)41)28(45)38-21(27(44)36-19)14-17-6-2-1-3-7-17/h1-3,6-7,18-22H,4-5,8-16,30H2,(H,33,42)(H,35,39)(H,36,44)(H,37,43)(H,38,45)(H,40,41)(H3,31,32,34). The average Bonchev–Trinajstić information content (AvgIpc) is 3.00. The van der Waals surface area contributed by atoms with E-state index in [-0.39, 0.29) is 31.3 Å². The number of hydrogen-bond acceptors (Lipinski definition) is 10. The van der Waals surface area contributed by atoms with Crippen molar-refractivity contribution in [1.29, 1.82) is 0 Å². The topological polar surface area (TPSA) is 259 Å². The normalized spacial score (nSPS) is 25.1. The molecule has 2 aliphatic heterocycles. The van der Waals surface area contributed by atoms with E-state index in [4.69, 9.17) is 11.5 Å². The van der Waals surface area contributed by atoms with E-state index in [0.29, 0.717) is 44.3 Å². The summed E-state index contributed by atoms with van der Waals surface area (Å²) in [5, 5.41) is 25.2. The lowest BCUT2D eigenvalue weighted by Crippen LogP contribution is -2.58. The lowest BCUT2D eigenvalue weighted by molar-refractivity contribution is -0.141. The second kappa shape index (κ2) is 17.5. The summed E-state index contributed by atoms with van der Waals surface area (Å²) in [6.45, 7) is 0.295. The number of benzene rings is 1. The number of carbonyl (C=O) groups excluding carboxylic acids is 5. The number of unbranched alkanes of at least 4 members (excludes halogenated alkanes) is 1. The predicted molar refractivity (Wildman–Crippen MR) is 163 cm³/mol. The number of nitrogens with zero attached hydrogens (tertiary/aromatic N) is 1. The van der Waals surface area contributed by atoms with Crippen molar-refractivity contribution in [3.63, 3.8) is 0 Å². The molecular formula is C29H43N9O7. The van der Waals surface area contributed by atoms with Crippen LogP contribution in [0.2, 0.25) is 0 Å². The molecule has 3 rings (SSSR count). The summed E-state index contributed by atoms with van der Waals surface area (Å²) in [5.41, 5.74) is 12.1. The van der Waals surface area contributed by atoms with Gasteiger partial charge in [-0.3, -0.25) is 33.8 Å². The first kappa shape index (κ1) is 34.8. The maximum atomic E-state index is 13.6. The number of nitrogens with one attached hydrogen (secondary N) is 6. The van der Waals surface area contributed by atoms with Crippen LogP contribution in [0.15, 0.2) is 35.3 Å². The van der Waals surface area contributed by atoms with Gasteiger partial charge in [0.1, 0.15) is 24.2 Å². The summed E-state index contributed by atoms with van der Waals surface area (Å²) >= 11 is 0. The number of amides is 5. The van der Waals surface area contributed by atoms with E-state index in [1.54, 1.807) is 30.3 Å². The Bertz CT molecular complexity index is 1240. The Morgan fingerprint density at radius 3 is 2.11 bits per heavy atom. The Morgan fingerprint density at radius 2 is 1.44 bits per heavy atom. The van der Waals surface area contributed by atoms with Gasteiger partial charge < -0.3 is 48.5 Å². The highest BCUT2D eigenvalue weighted by molar-refractivity contribution is 5.98. The number of hydrogen-bond donors (Lipinski definition) is 9. The number of aliphatic imine (C=N–C) groups is 1. The van der Waals surface area contributed by atoms with Gasteiger partial charge in [0.2, 0.25) is 29.5 Å². The van der Waals surface area contributed by atoms with Gasteiger partial charge in [-0.1, -0.05) is 30.3 Å². The SMILES string of the molecule is NCCCCC1NC(=O)C(Cc2ccccc2)NC(=O)C(CC(=O)O)NC(=O)CNC(=O)C(CCC2CCN=C(N)N2)NC1=O. The van der Waals surface area contributed by atoms with Crippen molar-refractivity contribution in [2.45, 2.75) is 81.6 Å². The smallest absolute Gasteiger partial charge is 0.305 e. The minimum atomic E-state index is -1.54. The second-order valence-corrected chi connectivity index (χ2v) is 11.1. The van der Waals surface area contributed by atoms with E-state index in [1.165, 1.54) is 0 Å². The van der Waals surface area contributed by atoms with Crippen LogP contribution >= 0.6 is 0 Å². The molecule has 0 spiro atoms. The van der Waals surface area contributed by atoms with Crippen LogP contribution < -0.4 is 43.4 Å². The quantitative estimate of drug-likeness (QED) is 0.115. The molecule has 2 heterocycles. The zero-order valence-electron chi connectivity index (χ0n) is 25.1. The summed E-state index contributed by atoms with van der Waals surface area (Å²) in [7, 11) is 0. The predicted octanol–water partition coefficient (Wildman–Crippen LogP) is -2.64. The Hall–Kier alpha value is -4.73. The fourth-order valence-corrected chi connectivity index (χ4v) is 5.08. The first-order valence-electron chi connectivity index (χ1n) is 15.1. The van der Waals surface area contributed by atoms with Gasteiger partial charge in [0.15, 0.2) is 5.96 Å². The van der Waals surface area contributed by atoms with Crippen LogP contribution in [0, 0.1) is 0 Å². The van der Waals surface area contributed by atoms with Gasteiger partial charge in [-0.25, -0.2) is 0 Å². The minimum Gasteiger partial charge on any atom is -0.481 e. The number of carbonyl (C=O) groups is 6. The molecule has 0 aromatic heterocycles. The molecule has 246 valence electrons. The van der Waals surface area contributed by atoms with E-state index >= 15 is 0 Å². The van der Waals surface area contributed by atoms with Crippen LogP contribution in [0.25, 0.3) is 0 Å². The summed E-state index contributed by atoms with van der Waals surface area (Å²) in [5.74, 6) is -4.80. The van der Waals surface area contributed by atoms with Gasteiger partial charge in [0.05, 0.1) is 13.0 Å². The fourth-order valence-electron chi connectivity index (χ4n) is 5.08. The zero-order valence-corrected chi connectivity index (χ0v) is 25.1. The molecule has 2 aliphatic rings. The Kier molecular flexibility index (Phi) is 13.5. The molecule has 5 amide bonds. The van der Waals surface area contributed by atoms with Gasteiger partial charge in [-0.05, 0) is 50.6 Å². The molecule has 1 aromatic carbocycles. The minimum absolute atomic E-state index is 0.0206. The molecule has 5 atom stereocenters. The van der Waals surface area contributed by atoms with Crippen LogP contribution in [0.3, 0.4) is 0 Å². The molecule has 11 N–H and O–H groups in total. The molecule has 0 bridgehead atoms. The number of rotatable bonds is 11. The molecule has 45 heavy (non-hydrogen) atoms. The van der Waals surface area contributed by atoms with Crippen molar-refractivity contribution in [3.8, 4) is 0 Å². The highest BCUT2D eigenvalue weighted by atomic mass is 16.4. The third kappa shape index (κ3) is 11.7. The summed E-state index contributed by atoms with van der Waals surface area (Å²) in [4.78, 5) is 82.1. The summed E-state index contributed by atoms with van der Waals surface area (Å²) in [6.07, 6.45) is 1.80. The molecule has 1 saturated heterocycles. The highest BCUT2D eigenvalue weighted by Crippen LogP contribution is 2.11. The molecule has 0 radical (unpaired) electrons. The Morgan fingerprint density at radius 1 is 0.800 bits per heavy atom. The van der Waals surface area contributed by atoms with Crippen LogP contribution in [0.1, 0.15) is 50.5 Å². The lowest BCUT2D eigenvalue weighted by atomic mass is 10.0. The van der Waals surface area contributed by atoms with E-state index in [0.717, 1.165) is 0 Å².